The summed E-state index contributed by atoms with van der Waals surface area (Å²) in [5.41, 5.74) is 4.42. The highest BCUT2D eigenvalue weighted by atomic mass is 32.2. The Morgan fingerprint density at radius 1 is 0.966 bits per heavy atom. The topological polar surface area (TPSA) is 112 Å². The SMILES string of the molecule is C=CCOC12Oc3ccc(OCCSc4ccccc4)cc3C3C(CCCCO)C(CCCCO)C=C(C(=NOC4CCCCO4)CC1SCCc1ccncc1)C32. The molecular weight excluding hydrogens is 769 g/mol. The highest BCUT2D eigenvalue weighted by Crippen LogP contribution is 2.62. The molecule has 312 valence electrons. The van der Waals surface area contributed by atoms with E-state index in [1.54, 1.807) is 11.8 Å². The van der Waals surface area contributed by atoms with Gasteiger partial charge in [-0.25, -0.2) is 0 Å². The van der Waals surface area contributed by atoms with E-state index in [0.717, 1.165) is 104 Å². The van der Waals surface area contributed by atoms with Crippen molar-refractivity contribution in [1.29, 1.82) is 0 Å². The van der Waals surface area contributed by atoms with Crippen molar-refractivity contribution in [3.8, 4) is 11.5 Å². The lowest BCUT2D eigenvalue weighted by atomic mass is 9.56. The highest BCUT2D eigenvalue weighted by Gasteiger charge is 2.64. The summed E-state index contributed by atoms with van der Waals surface area (Å²) in [4.78, 5) is 11.7. The number of unbranched alkanes of at least 4 members (excludes halogenated alkanes) is 2. The number of ether oxygens (including phenoxy) is 4. The maximum absolute atomic E-state index is 9.95. The predicted octanol–water partition coefficient (Wildman–Crippen LogP) is 9.39. The number of rotatable bonds is 22. The van der Waals surface area contributed by atoms with Gasteiger partial charge in [-0.1, -0.05) is 48.3 Å². The van der Waals surface area contributed by atoms with Crippen LogP contribution in [0.1, 0.15) is 81.3 Å². The molecule has 2 aromatic carbocycles. The van der Waals surface area contributed by atoms with Gasteiger partial charge in [-0.05, 0) is 116 Å². The fourth-order valence-corrected chi connectivity index (χ4v) is 11.3. The fraction of sp³-hybridized carbons (Fsp3) is 0.532. The first-order valence-electron chi connectivity index (χ1n) is 21.3. The molecule has 3 aromatic rings. The molecule has 1 saturated carbocycles. The molecule has 2 aliphatic carbocycles. The normalized spacial score (nSPS) is 26.9. The van der Waals surface area contributed by atoms with Crippen molar-refractivity contribution in [3.63, 3.8) is 0 Å². The molecule has 58 heavy (non-hydrogen) atoms. The van der Waals surface area contributed by atoms with E-state index in [4.69, 9.17) is 28.9 Å². The van der Waals surface area contributed by atoms with Gasteiger partial charge in [-0.15, -0.1) is 18.3 Å². The third kappa shape index (κ3) is 10.5. The lowest BCUT2D eigenvalue weighted by Gasteiger charge is -2.58. The lowest BCUT2D eigenvalue weighted by molar-refractivity contribution is -0.223. The van der Waals surface area contributed by atoms with E-state index in [2.05, 4.69) is 66.2 Å². The molecule has 0 spiro atoms. The van der Waals surface area contributed by atoms with Gasteiger partial charge < -0.3 is 34.0 Å². The van der Waals surface area contributed by atoms with Crippen molar-refractivity contribution in [3.05, 3.63) is 108 Å². The van der Waals surface area contributed by atoms with Gasteiger partial charge >= 0.3 is 0 Å². The number of hydrogen-bond acceptors (Lipinski definition) is 11. The van der Waals surface area contributed by atoms with Crippen molar-refractivity contribution >= 4 is 29.2 Å². The summed E-state index contributed by atoms with van der Waals surface area (Å²) in [6.45, 7) is 5.99. The van der Waals surface area contributed by atoms with Gasteiger partial charge in [0.1, 0.15) is 11.5 Å². The first-order valence-corrected chi connectivity index (χ1v) is 23.3. The molecule has 1 aromatic heterocycles. The minimum atomic E-state index is -1.01. The summed E-state index contributed by atoms with van der Waals surface area (Å²) in [7, 11) is 0. The van der Waals surface area contributed by atoms with Crippen LogP contribution in [0.4, 0.5) is 0 Å². The van der Waals surface area contributed by atoms with Crippen LogP contribution in [-0.2, 0) is 20.7 Å². The largest absolute Gasteiger partial charge is 0.493 e. The van der Waals surface area contributed by atoms with Crippen molar-refractivity contribution < 1.29 is 34.0 Å². The molecule has 9 nitrogen and oxygen atoms in total. The van der Waals surface area contributed by atoms with Crippen molar-refractivity contribution in [2.45, 2.75) is 98.8 Å². The van der Waals surface area contributed by atoms with E-state index in [9.17, 15) is 10.2 Å². The van der Waals surface area contributed by atoms with E-state index in [-0.39, 0.29) is 48.4 Å². The van der Waals surface area contributed by atoms with Crippen LogP contribution in [0, 0.1) is 17.8 Å². The van der Waals surface area contributed by atoms with Crippen molar-refractivity contribution in [2.75, 3.05) is 44.5 Å². The molecule has 1 saturated heterocycles. The van der Waals surface area contributed by atoms with Crippen LogP contribution >= 0.6 is 23.5 Å². The number of pyridine rings is 1. The molecule has 11 heteroatoms. The second kappa shape index (κ2) is 21.8. The molecule has 2 N–H and O–H groups in total. The number of aromatic nitrogens is 1. The summed E-state index contributed by atoms with van der Waals surface area (Å²) in [6, 6.07) is 20.9. The van der Waals surface area contributed by atoms with E-state index < -0.39 is 5.79 Å². The number of aryl methyl sites for hydroxylation is 1. The van der Waals surface area contributed by atoms with E-state index >= 15 is 0 Å². The Kier molecular flexibility index (Phi) is 16.1. The number of nitrogens with zero attached hydrogens (tertiary/aromatic N) is 2. The zero-order chi connectivity index (χ0) is 40.0. The molecule has 7 unspecified atom stereocenters. The highest BCUT2D eigenvalue weighted by molar-refractivity contribution is 8.00. The zero-order valence-corrected chi connectivity index (χ0v) is 35.3. The third-order valence-corrected chi connectivity index (χ3v) is 14.2. The van der Waals surface area contributed by atoms with Gasteiger partial charge in [-0.2, -0.15) is 11.8 Å². The third-order valence-electron chi connectivity index (χ3n) is 11.9. The zero-order valence-electron chi connectivity index (χ0n) is 33.6. The molecular formula is C47H60N2O7S2. The van der Waals surface area contributed by atoms with Crippen LogP contribution in [-0.4, -0.2) is 82.8 Å². The summed E-state index contributed by atoms with van der Waals surface area (Å²) >= 11 is 3.66. The molecule has 7 rings (SSSR count). The van der Waals surface area contributed by atoms with Crippen LogP contribution in [0.2, 0.25) is 0 Å². The van der Waals surface area contributed by atoms with Crippen LogP contribution < -0.4 is 9.47 Å². The Labute approximate surface area is 353 Å². The first kappa shape index (κ1) is 42.8. The first-order chi connectivity index (χ1) is 28.6. The Bertz CT molecular complexity index is 1790. The fourth-order valence-electron chi connectivity index (χ4n) is 9.19. The van der Waals surface area contributed by atoms with Gasteiger partial charge in [0.25, 0.3) is 0 Å². The number of allylic oxidation sites excluding steroid dienone is 1. The Balaban J connectivity index is 1.30. The quantitative estimate of drug-likeness (QED) is 0.0440. The van der Waals surface area contributed by atoms with Crippen LogP contribution in [0.5, 0.6) is 11.5 Å². The number of aliphatic hydroxyl groups excluding tert-OH is 2. The number of thioether (sulfide) groups is 2. The summed E-state index contributed by atoms with van der Waals surface area (Å²) in [5.74, 6) is 2.57. The standard InChI is InChI=1S/C47H60N2O7S2/c1-2-26-54-47-43(58-29-21-34-19-22-48-23-20-34)33-41(49-56-44-16-8-11-27-53-44)39-31-35(12-6-9-24-50)38(15-7-10-25-51)45(46(39)47)40-32-36(17-18-42(40)55-47)52-28-30-57-37-13-4-3-5-14-37/h2-5,13-14,17-20,22-23,31-32,35,38,43-46,50-51H,1,6-12,15-16,21,24-30,33H2. The summed E-state index contributed by atoms with van der Waals surface area (Å²) < 4.78 is 26.9. The maximum atomic E-state index is 9.95. The minimum absolute atomic E-state index is 0.00774. The van der Waals surface area contributed by atoms with E-state index in [0.29, 0.717) is 26.2 Å². The van der Waals surface area contributed by atoms with Gasteiger partial charge in [-0.3, -0.25) is 4.98 Å². The molecule has 2 fully saturated rings. The van der Waals surface area contributed by atoms with Gasteiger partial charge in [0.05, 0.1) is 36.7 Å². The predicted molar refractivity (Wildman–Crippen MR) is 233 cm³/mol. The number of aliphatic hydroxyl groups is 2. The molecule has 4 aliphatic rings. The molecule has 0 amide bonds. The molecule has 7 atom stereocenters. The number of benzene rings is 2. The number of hydrogen-bond donors (Lipinski definition) is 2. The average Bonchev–Trinajstić information content (AvgIpc) is 3.26. The van der Waals surface area contributed by atoms with Crippen LogP contribution in [0.3, 0.4) is 0 Å². The Hall–Kier alpha value is -3.32. The summed E-state index contributed by atoms with van der Waals surface area (Å²) in [5, 5.41) is 24.7. The van der Waals surface area contributed by atoms with Gasteiger partial charge in [0.15, 0.2) is 0 Å². The summed E-state index contributed by atoms with van der Waals surface area (Å²) in [6.07, 6.45) is 17.2. The van der Waals surface area contributed by atoms with Crippen molar-refractivity contribution in [1.82, 2.24) is 4.98 Å². The van der Waals surface area contributed by atoms with Gasteiger partial charge in [0, 0.05) is 60.6 Å². The van der Waals surface area contributed by atoms with E-state index in [1.807, 2.05) is 42.4 Å². The monoisotopic (exact) mass is 828 g/mol. The Morgan fingerprint density at radius 3 is 2.57 bits per heavy atom. The number of oxime groups is 1. The van der Waals surface area contributed by atoms with Gasteiger partial charge in [0.2, 0.25) is 12.1 Å². The van der Waals surface area contributed by atoms with Crippen LogP contribution in [0.25, 0.3) is 0 Å². The molecule has 0 radical (unpaired) electrons. The van der Waals surface area contributed by atoms with E-state index in [1.165, 1.54) is 10.5 Å². The maximum Gasteiger partial charge on any atom is 0.230 e. The number of fused-ring (bicyclic) bond motifs is 2. The average molecular weight is 829 g/mol. The van der Waals surface area contributed by atoms with Crippen LogP contribution in [0.15, 0.2) is 107 Å². The second-order valence-corrected chi connectivity index (χ2v) is 18.1. The molecule has 0 bridgehead atoms. The smallest absolute Gasteiger partial charge is 0.230 e. The Morgan fingerprint density at radius 2 is 1.79 bits per heavy atom. The second-order valence-electron chi connectivity index (χ2n) is 15.6. The molecule has 3 heterocycles. The minimum Gasteiger partial charge on any atom is -0.493 e. The van der Waals surface area contributed by atoms with Crippen molar-refractivity contribution in [2.24, 2.45) is 22.9 Å². The lowest BCUT2D eigenvalue weighted by Crippen LogP contribution is -2.64. The molecule has 2 aliphatic heterocycles.